The van der Waals surface area contributed by atoms with Gasteiger partial charge in [0.25, 0.3) is 0 Å². The zero-order valence-corrected chi connectivity index (χ0v) is 30.9. The second kappa shape index (κ2) is 13.5. The molecule has 0 aromatic rings. The molecule has 0 bridgehead atoms. The van der Waals surface area contributed by atoms with Gasteiger partial charge >= 0.3 is 0 Å². The molecule has 51 heavy (non-hydrogen) atoms. The molecule has 7 unspecified atom stereocenters. The molecule has 6 N–H and O–H groups in total. The maximum Gasteiger partial charge on any atom is 0.187 e. The van der Waals surface area contributed by atoms with Gasteiger partial charge in [-0.2, -0.15) is 0 Å². The van der Waals surface area contributed by atoms with Gasteiger partial charge in [0.05, 0.1) is 31.5 Å². The maximum atomic E-state index is 11.1. The molecular weight excluding hydrogens is 660 g/mol. The predicted octanol–water partition coefficient (Wildman–Crippen LogP) is 2.39. The van der Waals surface area contributed by atoms with Gasteiger partial charge in [0, 0.05) is 12.3 Å². The second-order valence-corrected chi connectivity index (χ2v) is 18.3. The van der Waals surface area contributed by atoms with Gasteiger partial charge in [0.2, 0.25) is 0 Å². The first-order chi connectivity index (χ1) is 24.2. The lowest BCUT2D eigenvalue weighted by Crippen LogP contribution is -2.64. The average molecular weight is 723 g/mol. The summed E-state index contributed by atoms with van der Waals surface area (Å²) in [5.74, 6) is 2.92. The molecule has 8 rings (SSSR count). The van der Waals surface area contributed by atoms with Gasteiger partial charge in [-0.1, -0.05) is 39.3 Å². The van der Waals surface area contributed by atoms with E-state index in [1.807, 2.05) is 0 Å². The number of allylic oxidation sites excluding steroid dienone is 1. The van der Waals surface area contributed by atoms with E-state index >= 15 is 0 Å². The number of fused-ring (bicyclic) bond motifs is 7. The first kappa shape index (κ1) is 37.2. The lowest BCUT2D eigenvalue weighted by Gasteiger charge is -2.58. The molecule has 4 aliphatic heterocycles. The van der Waals surface area contributed by atoms with E-state index < -0.39 is 73.8 Å². The molecule has 290 valence electrons. The number of ether oxygens (including phenoxy) is 6. The Morgan fingerprint density at radius 2 is 1.61 bits per heavy atom. The fourth-order valence-corrected chi connectivity index (χ4v) is 12.5. The van der Waals surface area contributed by atoms with Gasteiger partial charge in [0.1, 0.15) is 42.7 Å². The largest absolute Gasteiger partial charge is 0.394 e. The Balaban J connectivity index is 0.964. The van der Waals surface area contributed by atoms with Crippen LogP contribution >= 0.6 is 0 Å². The van der Waals surface area contributed by atoms with Crippen molar-refractivity contribution < 1.29 is 59.1 Å². The van der Waals surface area contributed by atoms with Gasteiger partial charge in [-0.15, -0.1) is 0 Å². The Hall–Kier alpha value is -0.740. The second-order valence-electron chi connectivity index (χ2n) is 18.3. The van der Waals surface area contributed by atoms with Crippen LogP contribution in [0.5, 0.6) is 0 Å². The Morgan fingerprint density at radius 1 is 0.824 bits per heavy atom. The van der Waals surface area contributed by atoms with Gasteiger partial charge in [-0.25, -0.2) is 0 Å². The van der Waals surface area contributed by atoms with Crippen molar-refractivity contribution in [2.24, 2.45) is 46.3 Å². The molecule has 0 radical (unpaired) electrons. The summed E-state index contributed by atoms with van der Waals surface area (Å²) in [6.07, 6.45) is -1.68. The van der Waals surface area contributed by atoms with Crippen LogP contribution in [0.25, 0.3) is 0 Å². The van der Waals surface area contributed by atoms with Crippen molar-refractivity contribution >= 4 is 0 Å². The summed E-state index contributed by atoms with van der Waals surface area (Å²) in [5, 5.41) is 62.9. The van der Waals surface area contributed by atoms with Crippen LogP contribution < -0.4 is 0 Å². The van der Waals surface area contributed by atoms with E-state index in [9.17, 15) is 30.6 Å². The Morgan fingerprint density at radius 3 is 2.33 bits per heavy atom. The SMILES string of the molecule is CC1OC(OC2[C@H](O[C@H]3CC[C@@]4(C)C(=CC[C@H]5[C@@H]6C[C@@H]7O[C@]8(CC[C@@H](C)CO8)[C@@H](C)[C@@H]7[C@@]6(C)CC[C@@H]54)C3)OC(CO)[C@@H](O)[C@@H]2O)C(O)C(O)C1O. The number of aliphatic hydroxyl groups is 6. The van der Waals surface area contributed by atoms with Crippen LogP contribution in [0.2, 0.25) is 0 Å². The van der Waals surface area contributed by atoms with Gasteiger partial charge in [-0.05, 0) is 98.7 Å². The van der Waals surface area contributed by atoms with Gasteiger partial charge < -0.3 is 59.1 Å². The van der Waals surface area contributed by atoms with Crippen LogP contribution in [0, 0.1) is 46.3 Å². The van der Waals surface area contributed by atoms with Crippen LogP contribution in [0.3, 0.4) is 0 Å². The highest BCUT2D eigenvalue weighted by atomic mass is 16.8. The van der Waals surface area contributed by atoms with Gasteiger partial charge in [0.15, 0.2) is 18.4 Å². The van der Waals surface area contributed by atoms with Crippen molar-refractivity contribution in [2.75, 3.05) is 13.2 Å². The van der Waals surface area contributed by atoms with E-state index in [0.717, 1.165) is 38.7 Å². The first-order valence-corrected chi connectivity index (χ1v) is 19.8. The van der Waals surface area contributed by atoms with Crippen LogP contribution in [0.1, 0.15) is 92.4 Å². The highest BCUT2D eigenvalue weighted by molar-refractivity contribution is 5.26. The Labute approximate surface area is 301 Å². The van der Waals surface area contributed by atoms with E-state index in [1.54, 1.807) is 0 Å². The monoisotopic (exact) mass is 722 g/mol. The fraction of sp³-hybridized carbons (Fsp3) is 0.949. The van der Waals surface area contributed by atoms with E-state index in [4.69, 9.17) is 28.4 Å². The van der Waals surface area contributed by atoms with Crippen molar-refractivity contribution in [1.82, 2.24) is 0 Å². The molecule has 0 amide bonds. The molecule has 12 nitrogen and oxygen atoms in total. The number of hydrogen-bond donors (Lipinski definition) is 6. The lowest BCUT2D eigenvalue weighted by molar-refractivity contribution is -0.369. The zero-order valence-electron chi connectivity index (χ0n) is 30.9. The summed E-state index contributed by atoms with van der Waals surface area (Å²) in [4.78, 5) is 0. The minimum atomic E-state index is -1.61. The third kappa shape index (κ3) is 5.84. The summed E-state index contributed by atoms with van der Waals surface area (Å²) in [7, 11) is 0. The summed E-state index contributed by atoms with van der Waals surface area (Å²) >= 11 is 0. The quantitative estimate of drug-likeness (QED) is 0.229. The average Bonchev–Trinajstić information content (AvgIpc) is 3.56. The molecule has 4 heterocycles. The lowest BCUT2D eigenvalue weighted by atomic mass is 9.47. The standard InChI is InChI=1S/C39H62O12/c1-18-8-13-39(46-17-18)19(2)28-26(51-39)15-25-23-7-6-21-14-22(9-11-37(21,4)24(23)10-12-38(25,28)5)48-36-34(32(44)30(42)27(16-40)49-36)50-35-33(45)31(43)29(41)20(3)47-35/h6,18-20,22-36,40-45H,7-17H2,1-5H3/t18-,19+,20?,22+,23-,24+,25+,26+,27?,28+,29?,30-,31?,32+,33?,34?,35?,36-,37+,38+,39-/m1/s1. The maximum absolute atomic E-state index is 11.1. The zero-order chi connectivity index (χ0) is 36.2. The molecule has 4 saturated heterocycles. The van der Waals surface area contributed by atoms with E-state index in [-0.39, 0.29) is 23.0 Å². The van der Waals surface area contributed by atoms with Crippen molar-refractivity contribution in [3.8, 4) is 0 Å². The first-order valence-electron chi connectivity index (χ1n) is 19.8. The molecule has 0 aromatic heterocycles. The molecule has 1 spiro atoms. The summed E-state index contributed by atoms with van der Waals surface area (Å²) < 4.78 is 37.6. The third-order valence-electron chi connectivity index (χ3n) is 15.6. The number of rotatable bonds is 5. The molecule has 21 atom stereocenters. The van der Waals surface area contributed by atoms with Crippen LogP contribution in [0.15, 0.2) is 11.6 Å². The van der Waals surface area contributed by atoms with Crippen molar-refractivity contribution in [1.29, 1.82) is 0 Å². The predicted molar refractivity (Wildman–Crippen MR) is 182 cm³/mol. The number of hydrogen-bond acceptors (Lipinski definition) is 12. The summed E-state index contributed by atoms with van der Waals surface area (Å²) in [5.41, 5.74) is 1.70. The Bertz CT molecular complexity index is 1300. The minimum absolute atomic E-state index is 0.0535. The van der Waals surface area contributed by atoms with Gasteiger partial charge in [-0.3, -0.25) is 0 Å². The molecule has 0 aromatic carbocycles. The number of aliphatic hydroxyl groups excluding tert-OH is 6. The molecular formula is C39H62O12. The normalized spacial score (nSPS) is 58.4. The van der Waals surface area contributed by atoms with Crippen LogP contribution in [-0.2, 0) is 28.4 Å². The molecule has 4 aliphatic carbocycles. The highest BCUT2D eigenvalue weighted by Gasteiger charge is 2.68. The summed E-state index contributed by atoms with van der Waals surface area (Å²) in [6.45, 7) is 11.5. The van der Waals surface area contributed by atoms with E-state index in [2.05, 4.69) is 33.8 Å². The van der Waals surface area contributed by atoms with Crippen molar-refractivity contribution in [3.63, 3.8) is 0 Å². The topological polar surface area (TPSA) is 177 Å². The third-order valence-corrected chi connectivity index (χ3v) is 15.6. The van der Waals surface area contributed by atoms with Crippen LogP contribution in [0.4, 0.5) is 0 Å². The molecule has 3 saturated carbocycles. The molecule has 12 heteroatoms. The Kier molecular flexibility index (Phi) is 9.83. The van der Waals surface area contributed by atoms with Crippen molar-refractivity contribution in [2.45, 2.75) is 172 Å². The molecule has 7 fully saturated rings. The summed E-state index contributed by atoms with van der Waals surface area (Å²) in [6, 6.07) is 0. The minimum Gasteiger partial charge on any atom is -0.394 e. The fourth-order valence-electron chi connectivity index (χ4n) is 12.5. The van der Waals surface area contributed by atoms with E-state index in [1.165, 1.54) is 31.8 Å². The van der Waals surface area contributed by atoms with E-state index in [0.29, 0.717) is 41.9 Å². The van der Waals surface area contributed by atoms with Crippen LogP contribution in [-0.4, -0.2) is 123 Å². The van der Waals surface area contributed by atoms with Crippen molar-refractivity contribution in [3.05, 3.63) is 11.6 Å². The molecule has 8 aliphatic rings. The highest BCUT2D eigenvalue weighted by Crippen LogP contribution is 2.70. The smallest absolute Gasteiger partial charge is 0.187 e.